The first-order valence-electron chi connectivity index (χ1n) is 5.40. The van der Waals surface area contributed by atoms with Crippen LogP contribution in [-0.4, -0.2) is 54.7 Å². The van der Waals surface area contributed by atoms with Gasteiger partial charge < -0.3 is 4.90 Å². The third-order valence-corrected chi connectivity index (χ3v) is 3.30. The molecule has 3 heteroatoms. The average molecular weight is 186 g/mol. The quantitative estimate of drug-likeness (QED) is 0.638. The van der Waals surface area contributed by atoms with Gasteiger partial charge in [0.05, 0.1) is 0 Å². The van der Waals surface area contributed by atoms with Crippen LogP contribution in [-0.2, 0) is 0 Å². The molecule has 0 amide bonds. The standard InChI is InChI=1S/C10H19FN2/c1-2-12-7-10(8-12)13-5-3-4-9(11)6-13/h9-10H,2-8H2,1H3. The zero-order valence-electron chi connectivity index (χ0n) is 8.38. The highest BCUT2D eigenvalue weighted by atomic mass is 19.1. The van der Waals surface area contributed by atoms with Crippen LogP contribution in [0.3, 0.4) is 0 Å². The van der Waals surface area contributed by atoms with Crippen molar-refractivity contribution in [1.82, 2.24) is 9.80 Å². The van der Waals surface area contributed by atoms with E-state index in [1.54, 1.807) is 0 Å². The lowest BCUT2D eigenvalue weighted by Gasteiger charge is -2.46. The third kappa shape index (κ3) is 2.02. The molecular formula is C10H19FN2. The van der Waals surface area contributed by atoms with E-state index in [0.29, 0.717) is 12.6 Å². The average Bonchev–Trinajstić information content (AvgIpc) is 2.02. The molecule has 0 spiro atoms. The van der Waals surface area contributed by atoms with Gasteiger partial charge in [-0.2, -0.15) is 0 Å². The first kappa shape index (κ1) is 9.41. The molecule has 0 aromatic carbocycles. The highest BCUT2D eigenvalue weighted by Crippen LogP contribution is 2.20. The van der Waals surface area contributed by atoms with E-state index in [1.165, 1.54) is 0 Å². The van der Waals surface area contributed by atoms with Crippen LogP contribution in [0.1, 0.15) is 19.8 Å². The molecule has 0 radical (unpaired) electrons. The maximum Gasteiger partial charge on any atom is 0.113 e. The molecule has 0 aliphatic carbocycles. The van der Waals surface area contributed by atoms with Crippen LogP contribution in [0.2, 0.25) is 0 Å². The number of likely N-dealkylation sites (tertiary alicyclic amines) is 2. The maximum absolute atomic E-state index is 13.1. The van der Waals surface area contributed by atoms with Crippen molar-refractivity contribution in [3.63, 3.8) is 0 Å². The van der Waals surface area contributed by atoms with Crippen LogP contribution >= 0.6 is 0 Å². The molecule has 76 valence electrons. The van der Waals surface area contributed by atoms with Gasteiger partial charge in [-0.3, -0.25) is 4.90 Å². The van der Waals surface area contributed by atoms with Crippen LogP contribution in [0.4, 0.5) is 4.39 Å². The van der Waals surface area contributed by atoms with E-state index < -0.39 is 6.17 Å². The predicted molar refractivity (Wildman–Crippen MR) is 51.6 cm³/mol. The monoisotopic (exact) mass is 186 g/mol. The molecule has 2 saturated heterocycles. The van der Waals surface area contributed by atoms with Crippen molar-refractivity contribution in [2.75, 3.05) is 32.7 Å². The van der Waals surface area contributed by atoms with Gasteiger partial charge in [-0.15, -0.1) is 0 Å². The van der Waals surface area contributed by atoms with Crippen molar-refractivity contribution in [3.05, 3.63) is 0 Å². The minimum atomic E-state index is -0.565. The Kier molecular flexibility index (Phi) is 2.84. The summed E-state index contributed by atoms with van der Waals surface area (Å²) in [7, 11) is 0. The number of alkyl halides is 1. The van der Waals surface area contributed by atoms with Gasteiger partial charge in [0.1, 0.15) is 6.17 Å². The zero-order chi connectivity index (χ0) is 9.26. The molecule has 2 nitrogen and oxygen atoms in total. The fraction of sp³-hybridized carbons (Fsp3) is 1.00. The Morgan fingerprint density at radius 3 is 2.69 bits per heavy atom. The molecule has 0 bridgehead atoms. The van der Waals surface area contributed by atoms with Gasteiger partial charge >= 0.3 is 0 Å². The molecule has 1 unspecified atom stereocenters. The number of likely N-dealkylation sites (N-methyl/N-ethyl adjacent to an activating group) is 1. The molecule has 0 saturated carbocycles. The molecule has 2 heterocycles. The lowest BCUT2D eigenvalue weighted by molar-refractivity contribution is 0.00663. The summed E-state index contributed by atoms with van der Waals surface area (Å²) >= 11 is 0. The van der Waals surface area contributed by atoms with E-state index in [1.807, 2.05) is 0 Å². The first-order chi connectivity index (χ1) is 6.29. The van der Waals surface area contributed by atoms with Crippen LogP contribution in [0.25, 0.3) is 0 Å². The van der Waals surface area contributed by atoms with Crippen molar-refractivity contribution in [1.29, 1.82) is 0 Å². The highest BCUT2D eigenvalue weighted by molar-refractivity contribution is 4.89. The van der Waals surface area contributed by atoms with Crippen molar-refractivity contribution in [3.8, 4) is 0 Å². The lowest BCUT2D eigenvalue weighted by atomic mass is 10.0. The minimum Gasteiger partial charge on any atom is -0.300 e. The highest BCUT2D eigenvalue weighted by Gasteiger charge is 2.33. The van der Waals surface area contributed by atoms with Gasteiger partial charge in [0.25, 0.3) is 0 Å². The molecular weight excluding hydrogens is 167 g/mol. The normalized spacial score (nSPS) is 33.2. The van der Waals surface area contributed by atoms with E-state index >= 15 is 0 Å². The van der Waals surface area contributed by atoms with E-state index in [0.717, 1.165) is 39.0 Å². The lowest BCUT2D eigenvalue weighted by Crippen LogP contribution is -2.61. The minimum absolute atomic E-state index is 0.565. The molecule has 1 atom stereocenters. The number of nitrogens with zero attached hydrogens (tertiary/aromatic N) is 2. The Morgan fingerprint density at radius 2 is 2.08 bits per heavy atom. The number of piperidine rings is 1. The summed E-state index contributed by atoms with van der Waals surface area (Å²) in [5.74, 6) is 0. The zero-order valence-corrected chi connectivity index (χ0v) is 8.38. The van der Waals surface area contributed by atoms with Gasteiger partial charge in [0, 0.05) is 25.7 Å². The smallest absolute Gasteiger partial charge is 0.113 e. The molecule has 13 heavy (non-hydrogen) atoms. The van der Waals surface area contributed by atoms with Gasteiger partial charge in [0.2, 0.25) is 0 Å². The van der Waals surface area contributed by atoms with Gasteiger partial charge in [-0.05, 0) is 25.9 Å². The van der Waals surface area contributed by atoms with Crippen molar-refractivity contribution < 1.29 is 4.39 Å². The van der Waals surface area contributed by atoms with Gasteiger partial charge in [-0.1, -0.05) is 6.92 Å². The second kappa shape index (κ2) is 3.93. The predicted octanol–water partition coefficient (Wildman–Crippen LogP) is 1.12. The summed E-state index contributed by atoms with van der Waals surface area (Å²) in [6.45, 7) is 7.44. The van der Waals surface area contributed by atoms with Gasteiger partial charge in [-0.25, -0.2) is 4.39 Å². The van der Waals surface area contributed by atoms with E-state index in [9.17, 15) is 4.39 Å². The van der Waals surface area contributed by atoms with E-state index in [4.69, 9.17) is 0 Å². The SMILES string of the molecule is CCN1CC(N2CCCC(F)C2)C1. The largest absolute Gasteiger partial charge is 0.300 e. The Morgan fingerprint density at radius 1 is 1.31 bits per heavy atom. The van der Waals surface area contributed by atoms with Crippen LogP contribution in [0.5, 0.6) is 0 Å². The van der Waals surface area contributed by atoms with Crippen LogP contribution in [0.15, 0.2) is 0 Å². The second-order valence-corrected chi connectivity index (χ2v) is 4.24. The topological polar surface area (TPSA) is 6.48 Å². The molecule has 0 aromatic heterocycles. The Bertz CT molecular complexity index is 168. The Labute approximate surface area is 79.7 Å². The van der Waals surface area contributed by atoms with Crippen LogP contribution < -0.4 is 0 Å². The van der Waals surface area contributed by atoms with Crippen molar-refractivity contribution >= 4 is 0 Å². The summed E-state index contributed by atoms with van der Waals surface area (Å²) in [6, 6.07) is 0.651. The van der Waals surface area contributed by atoms with Crippen molar-refractivity contribution in [2.45, 2.75) is 32.0 Å². The summed E-state index contributed by atoms with van der Waals surface area (Å²) in [4.78, 5) is 4.74. The number of rotatable bonds is 2. The number of hydrogen-bond acceptors (Lipinski definition) is 2. The Hall–Kier alpha value is -0.150. The molecule has 2 aliphatic heterocycles. The van der Waals surface area contributed by atoms with E-state index in [2.05, 4.69) is 16.7 Å². The Balaban J connectivity index is 1.75. The molecule has 0 N–H and O–H groups in total. The molecule has 0 aromatic rings. The summed E-state index contributed by atoms with van der Waals surface area (Å²) in [5.41, 5.74) is 0. The number of hydrogen-bond donors (Lipinski definition) is 0. The van der Waals surface area contributed by atoms with Crippen LogP contribution in [0, 0.1) is 0 Å². The fourth-order valence-electron chi connectivity index (χ4n) is 2.32. The van der Waals surface area contributed by atoms with Crippen molar-refractivity contribution in [2.24, 2.45) is 0 Å². The molecule has 2 rings (SSSR count). The maximum atomic E-state index is 13.1. The fourth-order valence-corrected chi connectivity index (χ4v) is 2.32. The number of halogens is 1. The van der Waals surface area contributed by atoms with E-state index in [-0.39, 0.29) is 0 Å². The molecule has 2 fully saturated rings. The summed E-state index contributed by atoms with van der Waals surface area (Å²) in [6.07, 6.45) is 1.26. The molecule has 2 aliphatic rings. The third-order valence-electron chi connectivity index (χ3n) is 3.30. The summed E-state index contributed by atoms with van der Waals surface area (Å²) < 4.78 is 13.1. The summed E-state index contributed by atoms with van der Waals surface area (Å²) in [5, 5.41) is 0. The second-order valence-electron chi connectivity index (χ2n) is 4.24. The van der Waals surface area contributed by atoms with Gasteiger partial charge in [0.15, 0.2) is 0 Å². The first-order valence-corrected chi connectivity index (χ1v) is 5.40.